The summed E-state index contributed by atoms with van der Waals surface area (Å²) < 4.78 is 47.2. The Morgan fingerprint density at radius 3 is 2.79 bits per heavy atom. The maximum absolute atomic E-state index is 12.4. The van der Waals surface area contributed by atoms with Crippen molar-refractivity contribution < 1.29 is 27.4 Å². The fraction of sp³-hybridized carbons (Fsp3) is 0.562. The molecule has 0 aliphatic carbocycles. The van der Waals surface area contributed by atoms with Crippen LogP contribution in [0, 0.1) is 0 Å². The molecule has 0 unspecified atom stereocenters. The first kappa shape index (κ1) is 18.4. The molecule has 0 radical (unpaired) electrons. The third-order valence-corrected chi connectivity index (χ3v) is 3.64. The third-order valence-electron chi connectivity index (χ3n) is 3.64. The maximum Gasteiger partial charge on any atom is 0.422 e. The molecule has 24 heavy (non-hydrogen) atoms. The number of para-hydroxylation sites is 2. The summed E-state index contributed by atoms with van der Waals surface area (Å²) in [6.45, 7) is 2.04. The number of rotatable bonds is 6. The molecule has 1 fully saturated rings. The van der Waals surface area contributed by atoms with Crippen LogP contribution in [0.3, 0.4) is 0 Å². The largest absolute Gasteiger partial charge is 0.482 e. The minimum Gasteiger partial charge on any atom is -0.482 e. The van der Waals surface area contributed by atoms with Gasteiger partial charge in [0.15, 0.2) is 6.61 Å². The van der Waals surface area contributed by atoms with Crippen molar-refractivity contribution in [2.75, 3.05) is 31.6 Å². The number of carbonyl (C=O) groups is 1. The minimum atomic E-state index is -4.44. The first-order valence-electron chi connectivity index (χ1n) is 7.85. The van der Waals surface area contributed by atoms with Crippen LogP contribution in [0.1, 0.15) is 19.8 Å². The number of amides is 2. The Morgan fingerprint density at radius 2 is 2.17 bits per heavy atom. The number of benzene rings is 1. The summed E-state index contributed by atoms with van der Waals surface area (Å²) in [4.78, 5) is 13.9. The van der Waals surface area contributed by atoms with Crippen molar-refractivity contribution in [3.63, 3.8) is 0 Å². The highest BCUT2D eigenvalue weighted by Gasteiger charge is 2.29. The lowest BCUT2D eigenvalue weighted by atomic mass is 10.2. The van der Waals surface area contributed by atoms with Crippen LogP contribution in [-0.4, -0.2) is 49.5 Å². The molecule has 0 saturated carbocycles. The zero-order valence-corrected chi connectivity index (χ0v) is 13.4. The van der Waals surface area contributed by atoms with E-state index in [0.29, 0.717) is 19.7 Å². The average Bonchev–Trinajstić information content (AvgIpc) is 3.04. The molecule has 5 nitrogen and oxygen atoms in total. The molecule has 1 aliphatic heterocycles. The van der Waals surface area contributed by atoms with Gasteiger partial charge in [0.2, 0.25) is 0 Å². The SMILES string of the molecule is CCN(C[C@H]1CCCO1)C(=O)Nc1ccccc1OCC(F)(F)F. The van der Waals surface area contributed by atoms with Gasteiger partial charge in [0.1, 0.15) is 5.75 Å². The van der Waals surface area contributed by atoms with Crippen LogP contribution >= 0.6 is 0 Å². The molecule has 1 atom stereocenters. The van der Waals surface area contributed by atoms with Crippen molar-refractivity contribution in [2.24, 2.45) is 0 Å². The first-order chi connectivity index (χ1) is 11.4. The van der Waals surface area contributed by atoms with E-state index >= 15 is 0 Å². The molecule has 1 saturated heterocycles. The van der Waals surface area contributed by atoms with Gasteiger partial charge in [-0.3, -0.25) is 0 Å². The van der Waals surface area contributed by atoms with E-state index in [0.717, 1.165) is 12.8 Å². The summed E-state index contributed by atoms with van der Waals surface area (Å²) in [7, 11) is 0. The summed E-state index contributed by atoms with van der Waals surface area (Å²) in [6, 6.07) is 5.66. The zero-order chi connectivity index (χ0) is 17.6. The standard InChI is InChI=1S/C16H21F3N2O3/c1-2-21(10-12-6-5-9-23-12)15(22)20-13-7-3-4-8-14(13)24-11-16(17,18)19/h3-4,7-8,12H,2,5-6,9-11H2,1H3,(H,20,22)/t12-/m1/s1. The number of hydrogen-bond acceptors (Lipinski definition) is 3. The normalized spacial score (nSPS) is 17.6. The van der Waals surface area contributed by atoms with Crippen LogP contribution in [0.2, 0.25) is 0 Å². The summed E-state index contributed by atoms with van der Waals surface area (Å²) in [5.41, 5.74) is 0.206. The molecule has 8 heteroatoms. The average molecular weight is 346 g/mol. The Bertz CT molecular complexity index is 546. The fourth-order valence-electron chi connectivity index (χ4n) is 2.44. The fourth-order valence-corrected chi connectivity index (χ4v) is 2.44. The van der Waals surface area contributed by atoms with E-state index in [1.165, 1.54) is 12.1 Å². The number of halogens is 3. The van der Waals surface area contributed by atoms with Crippen LogP contribution in [-0.2, 0) is 4.74 Å². The van der Waals surface area contributed by atoms with Crippen molar-refractivity contribution in [3.8, 4) is 5.75 Å². The second kappa shape index (κ2) is 8.23. The van der Waals surface area contributed by atoms with Crippen molar-refractivity contribution in [3.05, 3.63) is 24.3 Å². The van der Waals surface area contributed by atoms with E-state index in [1.54, 1.807) is 17.0 Å². The Hall–Kier alpha value is -1.96. The number of hydrogen-bond donors (Lipinski definition) is 1. The molecular formula is C16H21F3N2O3. The Morgan fingerprint density at radius 1 is 1.42 bits per heavy atom. The van der Waals surface area contributed by atoms with Crippen LogP contribution in [0.25, 0.3) is 0 Å². The van der Waals surface area contributed by atoms with Gasteiger partial charge in [-0.2, -0.15) is 13.2 Å². The Labute approximate surface area is 138 Å². The van der Waals surface area contributed by atoms with Gasteiger partial charge < -0.3 is 19.7 Å². The highest BCUT2D eigenvalue weighted by molar-refractivity contribution is 5.91. The number of nitrogens with zero attached hydrogens (tertiary/aromatic N) is 1. The van der Waals surface area contributed by atoms with E-state index in [-0.39, 0.29) is 17.5 Å². The van der Waals surface area contributed by atoms with Gasteiger partial charge >= 0.3 is 12.2 Å². The number of nitrogens with one attached hydrogen (secondary N) is 1. The van der Waals surface area contributed by atoms with Gasteiger partial charge in [-0.15, -0.1) is 0 Å². The van der Waals surface area contributed by atoms with Crippen LogP contribution in [0.15, 0.2) is 24.3 Å². The Kier molecular flexibility index (Phi) is 6.30. The molecule has 1 aromatic carbocycles. The molecule has 2 amide bonds. The van der Waals surface area contributed by atoms with Gasteiger partial charge in [-0.1, -0.05) is 12.1 Å². The first-order valence-corrected chi connectivity index (χ1v) is 7.85. The molecular weight excluding hydrogens is 325 g/mol. The van der Waals surface area contributed by atoms with Gasteiger partial charge in [-0.05, 0) is 31.9 Å². The van der Waals surface area contributed by atoms with Gasteiger partial charge in [0, 0.05) is 19.7 Å². The summed E-state index contributed by atoms with van der Waals surface area (Å²) in [6.07, 6.45) is -2.56. The number of likely N-dealkylation sites (N-methyl/N-ethyl adjacent to an activating group) is 1. The number of anilines is 1. The van der Waals surface area contributed by atoms with Crippen molar-refractivity contribution in [1.82, 2.24) is 4.90 Å². The lowest BCUT2D eigenvalue weighted by molar-refractivity contribution is -0.153. The monoisotopic (exact) mass is 346 g/mol. The topological polar surface area (TPSA) is 50.8 Å². The Balaban J connectivity index is 1.99. The molecule has 1 aliphatic rings. The number of carbonyl (C=O) groups excluding carboxylic acids is 1. The van der Waals surface area contributed by atoms with Gasteiger partial charge in [0.05, 0.1) is 11.8 Å². The lowest BCUT2D eigenvalue weighted by Gasteiger charge is -2.24. The minimum absolute atomic E-state index is 0.00687. The van der Waals surface area contributed by atoms with Crippen molar-refractivity contribution >= 4 is 11.7 Å². The number of alkyl halides is 3. The number of urea groups is 1. The molecule has 134 valence electrons. The third kappa shape index (κ3) is 5.59. The van der Waals surface area contributed by atoms with Crippen molar-refractivity contribution in [1.29, 1.82) is 0 Å². The molecule has 2 rings (SSSR count). The summed E-state index contributed by atoms with van der Waals surface area (Å²) in [5.74, 6) is -0.0173. The summed E-state index contributed by atoms with van der Waals surface area (Å²) >= 11 is 0. The van der Waals surface area contributed by atoms with E-state index in [2.05, 4.69) is 5.32 Å². The predicted octanol–water partition coefficient (Wildman–Crippen LogP) is 3.66. The van der Waals surface area contributed by atoms with Gasteiger partial charge in [-0.25, -0.2) is 4.79 Å². The zero-order valence-electron chi connectivity index (χ0n) is 13.4. The molecule has 0 spiro atoms. The second-order valence-electron chi connectivity index (χ2n) is 5.50. The van der Waals surface area contributed by atoms with Crippen LogP contribution < -0.4 is 10.1 Å². The van der Waals surface area contributed by atoms with E-state index < -0.39 is 18.8 Å². The molecule has 0 bridgehead atoms. The molecule has 1 aromatic rings. The quantitative estimate of drug-likeness (QED) is 0.855. The molecule has 1 N–H and O–H groups in total. The van der Waals surface area contributed by atoms with E-state index in [1.807, 2.05) is 6.92 Å². The number of ether oxygens (including phenoxy) is 2. The second-order valence-corrected chi connectivity index (χ2v) is 5.50. The molecule has 0 aromatic heterocycles. The summed E-state index contributed by atoms with van der Waals surface area (Å²) in [5, 5.41) is 2.61. The van der Waals surface area contributed by atoms with E-state index in [9.17, 15) is 18.0 Å². The van der Waals surface area contributed by atoms with E-state index in [4.69, 9.17) is 9.47 Å². The lowest BCUT2D eigenvalue weighted by Crippen LogP contribution is -2.40. The smallest absolute Gasteiger partial charge is 0.422 e. The van der Waals surface area contributed by atoms with Crippen LogP contribution in [0.5, 0.6) is 5.75 Å². The highest BCUT2D eigenvalue weighted by Crippen LogP contribution is 2.26. The highest BCUT2D eigenvalue weighted by atomic mass is 19.4. The van der Waals surface area contributed by atoms with Crippen molar-refractivity contribution in [2.45, 2.75) is 32.0 Å². The van der Waals surface area contributed by atoms with Gasteiger partial charge in [0.25, 0.3) is 0 Å². The maximum atomic E-state index is 12.4. The molecule has 1 heterocycles. The van der Waals surface area contributed by atoms with Crippen LogP contribution in [0.4, 0.5) is 23.7 Å². The predicted molar refractivity (Wildman–Crippen MR) is 83.2 cm³/mol.